The summed E-state index contributed by atoms with van der Waals surface area (Å²) < 4.78 is 1.74. The molecular weight excluding hydrogens is 188 g/mol. The van der Waals surface area contributed by atoms with Gasteiger partial charge in [0.15, 0.2) is 0 Å². The van der Waals surface area contributed by atoms with E-state index in [9.17, 15) is 0 Å². The summed E-state index contributed by atoms with van der Waals surface area (Å²) in [4.78, 5) is 0. The molecule has 1 aromatic rings. The van der Waals surface area contributed by atoms with E-state index < -0.39 is 0 Å². The molecule has 0 saturated heterocycles. The van der Waals surface area contributed by atoms with Gasteiger partial charge in [0.05, 0.1) is 5.69 Å². The van der Waals surface area contributed by atoms with Crippen LogP contribution >= 0.6 is 0 Å². The fourth-order valence-electron chi connectivity index (χ4n) is 1.45. The lowest BCUT2D eigenvalue weighted by Gasteiger charge is -2.26. The monoisotopic (exact) mass is 210 g/mol. The average Bonchev–Trinajstić information content (AvgIpc) is 2.49. The zero-order chi connectivity index (χ0) is 11.5. The molecule has 0 spiro atoms. The molecule has 0 radical (unpaired) electrons. The van der Waals surface area contributed by atoms with Gasteiger partial charge in [0.2, 0.25) is 0 Å². The summed E-state index contributed by atoms with van der Waals surface area (Å²) in [5.74, 6) is 0. The lowest BCUT2D eigenvalue weighted by Crippen LogP contribution is -2.34. The SMILES string of the molecule is Cn1cc(CCCC(N)C(C)(C)C)nn1. The third-order valence-corrected chi connectivity index (χ3v) is 2.71. The maximum absolute atomic E-state index is 6.08. The van der Waals surface area contributed by atoms with E-state index in [2.05, 4.69) is 31.1 Å². The van der Waals surface area contributed by atoms with Gasteiger partial charge in [0.25, 0.3) is 0 Å². The molecule has 1 heterocycles. The van der Waals surface area contributed by atoms with Gasteiger partial charge in [-0.1, -0.05) is 26.0 Å². The van der Waals surface area contributed by atoms with Gasteiger partial charge in [0, 0.05) is 19.3 Å². The molecule has 0 aliphatic rings. The lowest BCUT2D eigenvalue weighted by molar-refractivity contribution is 0.301. The van der Waals surface area contributed by atoms with Crippen molar-refractivity contribution in [2.75, 3.05) is 0 Å². The predicted octanol–water partition coefficient (Wildman–Crippen LogP) is 1.51. The van der Waals surface area contributed by atoms with Gasteiger partial charge in [-0.05, 0) is 24.7 Å². The van der Waals surface area contributed by atoms with Gasteiger partial charge < -0.3 is 5.73 Å². The van der Waals surface area contributed by atoms with E-state index in [4.69, 9.17) is 5.73 Å². The Morgan fingerprint density at radius 2 is 2.13 bits per heavy atom. The van der Waals surface area contributed by atoms with Crippen molar-refractivity contribution in [3.63, 3.8) is 0 Å². The van der Waals surface area contributed by atoms with Crippen molar-refractivity contribution >= 4 is 0 Å². The van der Waals surface area contributed by atoms with Crippen LogP contribution in [0.5, 0.6) is 0 Å². The van der Waals surface area contributed by atoms with Crippen LogP contribution in [0.2, 0.25) is 0 Å². The highest BCUT2D eigenvalue weighted by Crippen LogP contribution is 2.21. The average molecular weight is 210 g/mol. The second kappa shape index (κ2) is 4.75. The first kappa shape index (κ1) is 12.2. The molecule has 2 N–H and O–H groups in total. The van der Waals surface area contributed by atoms with E-state index in [0.29, 0.717) is 0 Å². The van der Waals surface area contributed by atoms with Crippen LogP contribution in [0.3, 0.4) is 0 Å². The van der Waals surface area contributed by atoms with Crippen LogP contribution in [0, 0.1) is 5.41 Å². The Kier molecular flexibility index (Phi) is 3.85. The first-order chi connectivity index (χ1) is 6.89. The van der Waals surface area contributed by atoms with Crippen LogP contribution < -0.4 is 5.73 Å². The third-order valence-electron chi connectivity index (χ3n) is 2.71. The Labute approximate surface area is 91.9 Å². The minimum absolute atomic E-state index is 0.197. The maximum atomic E-state index is 6.08. The number of aromatic nitrogens is 3. The van der Waals surface area contributed by atoms with Gasteiger partial charge in [-0.3, -0.25) is 4.68 Å². The molecule has 0 fully saturated rings. The Morgan fingerprint density at radius 1 is 1.47 bits per heavy atom. The summed E-state index contributed by atoms with van der Waals surface area (Å²) in [6.45, 7) is 6.54. The molecular formula is C11H22N4. The first-order valence-electron chi connectivity index (χ1n) is 5.50. The van der Waals surface area contributed by atoms with Gasteiger partial charge in [-0.25, -0.2) is 0 Å². The minimum atomic E-state index is 0.197. The highest BCUT2D eigenvalue weighted by molar-refractivity contribution is 4.92. The second-order valence-corrected chi connectivity index (χ2v) is 5.25. The number of nitrogens with zero attached hydrogens (tertiary/aromatic N) is 3. The third kappa shape index (κ3) is 4.00. The van der Waals surface area contributed by atoms with Gasteiger partial charge in [-0.15, -0.1) is 5.10 Å². The summed E-state index contributed by atoms with van der Waals surface area (Å²) in [6, 6.07) is 0.258. The van der Waals surface area contributed by atoms with Gasteiger partial charge >= 0.3 is 0 Å². The number of aryl methyl sites for hydroxylation is 2. The fourth-order valence-corrected chi connectivity index (χ4v) is 1.45. The van der Waals surface area contributed by atoms with E-state index in [0.717, 1.165) is 25.0 Å². The van der Waals surface area contributed by atoms with E-state index in [1.165, 1.54) is 0 Å². The fraction of sp³-hybridized carbons (Fsp3) is 0.818. The minimum Gasteiger partial charge on any atom is -0.327 e. The van der Waals surface area contributed by atoms with Crippen molar-refractivity contribution in [2.45, 2.75) is 46.1 Å². The topological polar surface area (TPSA) is 56.7 Å². The molecule has 0 amide bonds. The Balaban J connectivity index is 2.28. The zero-order valence-electron chi connectivity index (χ0n) is 10.2. The molecule has 15 heavy (non-hydrogen) atoms. The molecule has 1 atom stereocenters. The number of hydrogen-bond acceptors (Lipinski definition) is 3. The Hall–Kier alpha value is -0.900. The molecule has 4 nitrogen and oxygen atoms in total. The number of nitrogens with two attached hydrogens (primary N) is 1. The van der Waals surface area contributed by atoms with Crippen LogP contribution in [0.15, 0.2) is 6.20 Å². The second-order valence-electron chi connectivity index (χ2n) is 5.25. The van der Waals surface area contributed by atoms with Crippen LogP contribution in [0.25, 0.3) is 0 Å². The van der Waals surface area contributed by atoms with Crippen molar-refractivity contribution in [2.24, 2.45) is 18.2 Å². The van der Waals surface area contributed by atoms with E-state index >= 15 is 0 Å². The lowest BCUT2D eigenvalue weighted by atomic mass is 9.84. The first-order valence-corrected chi connectivity index (χ1v) is 5.50. The predicted molar refractivity (Wildman–Crippen MR) is 61.4 cm³/mol. The molecule has 0 aliphatic heterocycles. The molecule has 1 rings (SSSR count). The molecule has 0 aromatic carbocycles. The Morgan fingerprint density at radius 3 is 2.60 bits per heavy atom. The normalized spacial score (nSPS) is 14.2. The molecule has 0 bridgehead atoms. The van der Waals surface area contributed by atoms with E-state index in [1.54, 1.807) is 4.68 Å². The molecule has 1 unspecified atom stereocenters. The van der Waals surface area contributed by atoms with Crippen LogP contribution in [-0.2, 0) is 13.5 Å². The number of rotatable bonds is 4. The summed E-state index contributed by atoms with van der Waals surface area (Å²) in [5, 5.41) is 7.95. The van der Waals surface area contributed by atoms with Crippen LogP contribution in [0.1, 0.15) is 39.3 Å². The van der Waals surface area contributed by atoms with Crippen molar-refractivity contribution in [3.8, 4) is 0 Å². The zero-order valence-corrected chi connectivity index (χ0v) is 10.2. The maximum Gasteiger partial charge on any atom is 0.0827 e. The standard InChI is InChI=1S/C11H22N4/c1-11(2,3)10(12)7-5-6-9-8-15(4)14-13-9/h8,10H,5-7,12H2,1-4H3. The van der Waals surface area contributed by atoms with Gasteiger partial charge in [0.1, 0.15) is 0 Å². The largest absolute Gasteiger partial charge is 0.327 e. The highest BCUT2D eigenvalue weighted by atomic mass is 15.4. The summed E-state index contributed by atoms with van der Waals surface area (Å²) in [6.07, 6.45) is 5.05. The summed E-state index contributed by atoms with van der Waals surface area (Å²) in [5.41, 5.74) is 7.33. The van der Waals surface area contributed by atoms with E-state index in [1.807, 2.05) is 13.2 Å². The van der Waals surface area contributed by atoms with E-state index in [-0.39, 0.29) is 11.5 Å². The summed E-state index contributed by atoms with van der Waals surface area (Å²) >= 11 is 0. The molecule has 4 heteroatoms. The van der Waals surface area contributed by atoms with Crippen molar-refractivity contribution < 1.29 is 0 Å². The number of hydrogen-bond donors (Lipinski definition) is 1. The van der Waals surface area contributed by atoms with Crippen LogP contribution in [0.4, 0.5) is 0 Å². The molecule has 0 saturated carbocycles. The molecule has 86 valence electrons. The molecule has 0 aliphatic carbocycles. The smallest absolute Gasteiger partial charge is 0.0827 e. The summed E-state index contributed by atoms with van der Waals surface area (Å²) in [7, 11) is 1.89. The van der Waals surface area contributed by atoms with Crippen molar-refractivity contribution in [1.29, 1.82) is 0 Å². The van der Waals surface area contributed by atoms with Gasteiger partial charge in [-0.2, -0.15) is 0 Å². The quantitative estimate of drug-likeness (QED) is 0.819. The molecule has 1 aromatic heterocycles. The van der Waals surface area contributed by atoms with Crippen LogP contribution in [-0.4, -0.2) is 21.0 Å². The van der Waals surface area contributed by atoms with Crippen molar-refractivity contribution in [1.82, 2.24) is 15.0 Å². The Bertz CT molecular complexity index is 298. The highest BCUT2D eigenvalue weighted by Gasteiger charge is 2.19. The van der Waals surface area contributed by atoms with Crippen molar-refractivity contribution in [3.05, 3.63) is 11.9 Å².